The summed E-state index contributed by atoms with van der Waals surface area (Å²) in [5, 5.41) is 0. The molecule has 0 amide bonds. The Morgan fingerprint density at radius 3 is 2.26 bits per heavy atom. The molecule has 9 heteroatoms. The van der Waals surface area contributed by atoms with Crippen LogP contribution < -0.4 is 0 Å². The van der Waals surface area contributed by atoms with Crippen LogP contribution in [0, 0.1) is 0 Å². The average molecular weight is 363 g/mol. The van der Waals surface area contributed by atoms with Gasteiger partial charge in [-0.05, 0) is 31.5 Å². The molecule has 0 radical (unpaired) electrons. The van der Waals surface area contributed by atoms with Gasteiger partial charge in [0.2, 0.25) is 10.0 Å². The Balaban J connectivity index is 3.22. The van der Waals surface area contributed by atoms with E-state index in [-0.39, 0.29) is 22.9 Å². The summed E-state index contributed by atoms with van der Waals surface area (Å²) >= 11 is 0. The number of hydrogen-bond donors (Lipinski definition) is 0. The zero-order valence-corrected chi connectivity index (χ0v) is 15.0. The van der Waals surface area contributed by atoms with Crippen LogP contribution in [0.25, 0.3) is 0 Å². The van der Waals surface area contributed by atoms with Gasteiger partial charge in [-0.2, -0.15) is 4.31 Å². The van der Waals surface area contributed by atoms with Crippen LogP contribution in [-0.2, 0) is 29.4 Å². The molecule has 0 N–H and O–H groups in total. The van der Waals surface area contributed by atoms with E-state index >= 15 is 0 Å². The van der Waals surface area contributed by atoms with Crippen molar-refractivity contribution in [2.24, 2.45) is 0 Å². The normalized spacial score (nSPS) is 12.3. The van der Waals surface area contributed by atoms with Gasteiger partial charge in [0.15, 0.2) is 9.84 Å². The number of sulfonamides is 1. The van der Waals surface area contributed by atoms with E-state index in [2.05, 4.69) is 0 Å². The molecule has 0 aliphatic rings. The van der Waals surface area contributed by atoms with Gasteiger partial charge in [0.25, 0.3) is 0 Å². The second kappa shape index (κ2) is 7.89. The van der Waals surface area contributed by atoms with E-state index in [1.54, 1.807) is 13.8 Å². The van der Waals surface area contributed by atoms with Gasteiger partial charge in [-0.3, -0.25) is 4.79 Å². The highest BCUT2D eigenvalue weighted by Gasteiger charge is 2.27. The number of rotatable bonds is 8. The van der Waals surface area contributed by atoms with Gasteiger partial charge >= 0.3 is 5.97 Å². The average Bonchev–Trinajstić information content (AvgIpc) is 2.46. The first-order valence-electron chi connectivity index (χ1n) is 7.08. The predicted octanol–water partition coefficient (Wildman–Crippen LogP) is 1.05. The number of carbonyl (C=O) groups excluding carboxylic acids is 1. The van der Waals surface area contributed by atoms with Crippen molar-refractivity contribution >= 4 is 25.8 Å². The summed E-state index contributed by atoms with van der Waals surface area (Å²) in [5.74, 6) is -0.649. The molecule has 0 unspecified atom stereocenters. The number of nitrogens with zero attached hydrogens (tertiary/aromatic N) is 1. The monoisotopic (exact) mass is 363 g/mol. The fraction of sp³-hybridized carbons (Fsp3) is 0.500. The fourth-order valence-electron chi connectivity index (χ4n) is 1.90. The third-order valence-electron chi connectivity index (χ3n) is 2.96. The van der Waals surface area contributed by atoms with Crippen molar-refractivity contribution in [2.45, 2.75) is 30.1 Å². The first-order valence-corrected chi connectivity index (χ1v) is 10.4. The number of esters is 1. The molecule has 7 nitrogen and oxygen atoms in total. The molecular weight excluding hydrogens is 342 g/mol. The first-order chi connectivity index (χ1) is 10.6. The van der Waals surface area contributed by atoms with Crippen molar-refractivity contribution in [3.8, 4) is 0 Å². The van der Waals surface area contributed by atoms with Crippen molar-refractivity contribution in [1.29, 1.82) is 0 Å². The number of ether oxygens (including phenoxy) is 1. The van der Waals surface area contributed by atoms with E-state index in [1.165, 1.54) is 18.2 Å². The quantitative estimate of drug-likeness (QED) is 0.641. The van der Waals surface area contributed by atoms with Gasteiger partial charge in [-0.15, -0.1) is 0 Å². The molecule has 1 rings (SSSR count). The van der Waals surface area contributed by atoms with Gasteiger partial charge in [0.05, 0.1) is 16.4 Å². The minimum absolute atomic E-state index is 0.0915. The van der Waals surface area contributed by atoms with Gasteiger partial charge in [0.1, 0.15) is 6.54 Å². The summed E-state index contributed by atoms with van der Waals surface area (Å²) in [4.78, 5) is 11.3. The Labute approximate surface area is 137 Å². The van der Waals surface area contributed by atoms with Crippen molar-refractivity contribution in [3.63, 3.8) is 0 Å². The molecule has 0 aliphatic heterocycles. The zero-order valence-electron chi connectivity index (χ0n) is 13.4. The zero-order chi connectivity index (χ0) is 17.7. The molecule has 1 aromatic rings. The van der Waals surface area contributed by atoms with Crippen LogP contribution in [0.1, 0.15) is 20.3 Å². The van der Waals surface area contributed by atoms with Crippen LogP contribution in [0.2, 0.25) is 0 Å². The van der Waals surface area contributed by atoms with E-state index < -0.39 is 32.4 Å². The summed E-state index contributed by atoms with van der Waals surface area (Å²) in [6.07, 6.45) is 1.51. The molecule has 0 aromatic heterocycles. The van der Waals surface area contributed by atoms with Crippen molar-refractivity contribution in [2.75, 3.05) is 26.0 Å². The number of carbonyl (C=O) groups is 1. The molecule has 1 aromatic carbocycles. The Morgan fingerprint density at radius 2 is 1.74 bits per heavy atom. The number of benzene rings is 1. The molecule has 0 saturated carbocycles. The van der Waals surface area contributed by atoms with E-state index in [0.29, 0.717) is 6.42 Å². The summed E-state index contributed by atoms with van der Waals surface area (Å²) in [6, 6.07) is 5.08. The second-order valence-electron chi connectivity index (χ2n) is 4.89. The van der Waals surface area contributed by atoms with E-state index in [1.807, 2.05) is 0 Å². The number of hydrogen-bond acceptors (Lipinski definition) is 6. The van der Waals surface area contributed by atoms with Gasteiger partial charge < -0.3 is 4.74 Å². The Bertz CT molecular complexity index is 755. The highest BCUT2D eigenvalue weighted by atomic mass is 32.2. The molecule has 0 spiro atoms. The van der Waals surface area contributed by atoms with E-state index in [0.717, 1.165) is 16.6 Å². The summed E-state index contributed by atoms with van der Waals surface area (Å²) in [5.41, 5.74) is 0. The summed E-state index contributed by atoms with van der Waals surface area (Å²) < 4.78 is 54.3. The van der Waals surface area contributed by atoms with Crippen molar-refractivity contribution in [3.05, 3.63) is 24.3 Å². The number of sulfone groups is 1. The SMILES string of the molecule is CCCN(CC(=O)OCC)S(=O)(=O)c1cccc(S(C)(=O)=O)c1. The maximum absolute atomic E-state index is 12.7. The largest absolute Gasteiger partial charge is 0.465 e. The lowest BCUT2D eigenvalue weighted by molar-refractivity contribution is -0.143. The third kappa shape index (κ3) is 5.29. The van der Waals surface area contributed by atoms with Gasteiger partial charge in [0, 0.05) is 12.8 Å². The van der Waals surface area contributed by atoms with E-state index in [9.17, 15) is 21.6 Å². The van der Waals surface area contributed by atoms with Crippen LogP contribution in [0.15, 0.2) is 34.1 Å². The van der Waals surface area contributed by atoms with Crippen LogP contribution in [0.5, 0.6) is 0 Å². The molecule has 0 aliphatic carbocycles. The lowest BCUT2D eigenvalue weighted by atomic mass is 10.4. The molecule has 130 valence electrons. The molecule has 0 saturated heterocycles. The van der Waals surface area contributed by atoms with E-state index in [4.69, 9.17) is 4.74 Å². The molecule has 0 atom stereocenters. The third-order valence-corrected chi connectivity index (χ3v) is 5.91. The topological polar surface area (TPSA) is 97.8 Å². The van der Waals surface area contributed by atoms with Gasteiger partial charge in [-0.1, -0.05) is 13.0 Å². The van der Waals surface area contributed by atoms with Crippen molar-refractivity contribution in [1.82, 2.24) is 4.31 Å². The highest BCUT2D eigenvalue weighted by Crippen LogP contribution is 2.20. The van der Waals surface area contributed by atoms with Gasteiger partial charge in [-0.25, -0.2) is 16.8 Å². The minimum atomic E-state index is -3.99. The van der Waals surface area contributed by atoms with Crippen LogP contribution in [-0.4, -0.2) is 53.1 Å². The van der Waals surface area contributed by atoms with Crippen LogP contribution in [0.3, 0.4) is 0 Å². The summed E-state index contributed by atoms with van der Waals surface area (Å²) in [7, 11) is -7.52. The Kier molecular flexibility index (Phi) is 6.72. The lowest BCUT2D eigenvalue weighted by Crippen LogP contribution is -2.37. The van der Waals surface area contributed by atoms with Crippen molar-refractivity contribution < 1.29 is 26.4 Å². The smallest absolute Gasteiger partial charge is 0.321 e. The predicted molar refractivity (Wildman–Crippen MR) is 85.2 cm³/mol. The maximum atomic E-state index is 12.7. The first kappa shape index (κ1) is 19.6. The molecule has 23 heavy (non-hydrogen) atoms. The van der Waals surface area contributed by atoms with Crippen LogP contribution >= 0.6 is 0 Å². The Hall–Kier alpha value is -1.45. The minimum Gasteiger partial charge on any atom is -0.465 e. The molecule has 0 bridgehead atoms. The molecule has 0 heterocycles. The summed E-state index contributed by atoms with van der Waals surface area (Å²) in [6.45, 7) is 3.28. The van der Waals surface area contributed by atoms with Crippen LogP contribution in [0.4, 0.5) is 0 Å². The second-order valence-corrected chi connectivity index (χ2v) is 8.84. The standard InChI is InChI=1S/C14H21NO6S2/c1-4-9-15(11-14(16)21-5-2)23(19,20)13-8-6-7-12(10-13)22(3,17)18/h6-8,10H,4-5,9,11H2,1-3H3. The highest BCUT2D eigenvalue weighted by molar-refractivity contribution is 7.91. The fourth-order valence-corrected chi connectivity index (χ4v) is 4.16. The Morgan fingerprint density at radius 1 is 1.13 bits per heavy atom. The maximum Gasteiger partial charge on any atom is 0.321 e. The molecule has 0 fully saturated rings. The lowest BCUT2D eigenvalue weighted by Gasteiger charge is -2.20. The molecular formula is C14H21NO6S2.